The second-order valence-electron chi connectivity index (χ2n) is 6.33. The molecule has 2 rings (SSSR count). The van der Waals surface area contributed by atoms with Crippen molar-refractivity contribution in [1.29, 1.82) is 0 Å². The van der Waals surface area contributed by atoms with Crippen LogP contribution < -0.4 is 5.32 Å². The van der Waals surface area contributed by atoms with Crippen molar-refractivity contribution in [3.05, 3.63) is 40.9 Å². The first-order valence-electron chi connectivity index (χ1n) is 7.54. The number of hydrogen-bond donors (Lipinski definition) is 2. The van der Waals surface area contributed by atoms with Crippen LogP contribution in [0.3, 0.4) is 0 Å². The van der Waals surface area contributed by atoms with Crippen LogP contribution in [0.1, 0.15) is 36.8 Å². The minimum absolute atomic E-state index is 0.0680. The highest BCUT2D eigenvalue weighted by molar-refractivity contribution is 7.14. The van der Waals surface area contributed by atoms with Crippen LogP contribution in [0.25, 0.3) is 0 Å². The Morgan fingerprint density at radius 3 is 2.65 bits per heavy atom. The van der Waals surface area contributed by atoms with Crippen molar-refractivity contribution in [2.45, 2.75) is 33.2 Å². The van der Waals surface area contributed by atoms with Crippen LogP contribution in [0.4, 0.5) is 10.8 Å². The number of aromatic nitrogens is 1. The average Bonchev–Trinajstić information content (AvgIpc) is 2.94. The van der Waals surface area contributed by atoms with Crippen molar-refractivity contribution >= 4 is 28.1 Å². The number of para-hydroxylation sites is 1. The molecular formula is C17H23N3O2S. The maximum absolute atomic E-state index is 12.6. The summed E-state index contributed by atoms with van der Waals surface area (Å²) < 4.78 is 0. The number of nitrogens with one attached hydrogen (secondary N) is 1. The molecule has 1 heterocycles. The van der Waals surface area contributed by atoms with Crippen molar-refractivity contribution < 1.29 is 9.90 Å². The van der Waals surface area contributed by atoms with Gasteiger partial charge in [0.15, 0.2) is 5.13 Å². The summed E-state index contributed by atoms with van der Waals surface area (Å²) in [5, 5.41) is 14.9. The fourth-order valence-corrected chi connectivity index (χ4v) is 2.93. The van der Waals surface area contributed by atoms with Crippen LogP contribution >= 0.6 is 11.3 Å². The van der Waals surface area contributed by atoms with Gasteiger partial charge in [-0.15, -0.1) is 11.3 Å². The van der Waals surface area contributed by atoms with Gasteiger partial charge in [0.1, 0.15) is 5.69 Å². The lowest BCUT2D eigenvalue weighted by Crippen LogP contribution is -2.47. The number of thiazole rings is 1. The van der Waals surface area contributed by atoms with Gasteiger partial charge in [-0.25, -0.2) is 4.98 Å². The molecule has 0 saturated carbocycles. The summed E-state index contributed by atoms with van der Waals surface area (Å²) in [6.45, 7) is 8.07. The first kappa shape index (κ1) is 17.4. The Kier molecular flexibility index (Phi) is 5.38. The number of carbonyl (C=O) groups excluding carboxylic acids is 1. The van der Waals surface area contributed by atoms with Crippen molar-refractivity contribution in [1.82, 2.24) is 9.88 Å². The number of benzene rings is 1. The molecule has 23 heavy (non-hydrogen) atoms. The molecule has 1 aromatic carbocycles. The lowest BCUT2D eigenvalue weighted by Gasteiger charge is -2.34. The lowest BCUT2D eigenvalue weighted by molar-refractivity contribution is 0.0522. The predicted octanol–water partition coefficient (Wildman–Crippen LogP) is 3.43. The van der Waals surface area contributed by atoms with Gasteiger partial charge in [-0.1, -0.05) is 18.2 Å². The van der Waals surface area contributed by atoms with E-state index in [9.17, 15) is 9.90 Å². The van der Waals surface area contributed by atoms with Crippen molar-refractivity contribution in [3.63, 3.8) is 0 Å². The third-order valence-corrected chi connectivity index (χ3v) is 4.25. The summed E-state index contributed by atoms with van der Waals surface area (Å²) in [6, 6.07) is 7.93. The largest absolute Gasteiger partial charge is 0.395 e. The van der Waals surface area contributed by atoms with Crippen molar-refractivity contribution in [3.8, 4) is 0 Å². The van der Waals surface area contributed by atoms with E-state index in [1.54, 1.807) is 10.3 Å². The fraction of sp³-hybridized carbons (Fsp3) is 0.412. The SMILES string of the molecule is Cc1ccccc1Nc1nc(C(=O)N(CCO)C(C)(C)C)cs1. The molecular weight excluding hydrogens is 310 g/mol. The number of hydrogen-bond acceptors (Lipinski definition) is 5. The molecule has 2 aromatic rings. The molecule has 2 N–H and O–H groups in total. The van der Waals surface area contributed by atoms with E-state index in [0.717, 1.165) is 11.3 Å². The van der Waals surface area contributed by atoms with E-state index >= 15 is 0 Å². The summed E-state index contributed by atoms with van der Waals surface area (Å²) in [5.41, 5.74) is 2.12. The topological polar surface area (TPSA) is 65.5 Å². The second-order valence-corrected chi connectivity index (χ2v) is 7.19. The quantitative estimate of drug-likeness (QED) is 0.880. The van der Waals surface area contributed by atoms with Gasteiger partial charge in [0, 0.05) is 23.2 Å². The smallest absolute Gasteiger partial charge is 0.273 e. The monoisotopic (exact) mass is 333 g/mol. The summed E-state index contributed by atoms with van der Waals surface area (Å²) >= 11 is 1.40. The number of rotatable bonds is 5. The summed E-state index contributed by atoms with van der Waals surface area (Å²) in [4.78, 5) is 18.7. The molecule has 5 nitrogen and oxygen atoms in total. The molecule has 0 saturated heterocycles. The van der Waals surface area contributed by atoms with Gasteiger partial charge in [0.05, 0.1) is 6.61 Å². The van der Waals surface area contributed by atoms with E-state index in [1.807, 2.05) is 52.0 Å². The first-order chi connectivity index (χ1) is 10.8. The lowest BCUT2D eigenvalue weighted by atomic mass is 10.1. The summed E-state index contributed by atoms with van der Waals surface area (Å²) in [7, 11) is 0. The molecule has 124 valence electrons. The van der Waals surface area contributed by atoms with Crippen LogP contribution in [0.2, 0.25) is 0 Å². The average molecular weight is 333 g/mol. The summed E-state index contributed by atoms with van der Waals surface area (Å²) in [5.74, 6) is -0.166. The van der Waals surface area contributed by atoms with Crippen LogP contribution in [-0.4, -0.2) is 39.6 Å². The molecule has 0 bridgehead atoms. The van der Waals surface area contributed by atoms with E-state index in [1.165, 1.54) is 11.3 Å². The maximum atomic E-state index is 12.6. The van der Waals surface area contributed by atoms with Gasteiger partial charge < -0.3 is 15.3 Å². The highest BCUT2D eigenvalue weighted by atomic mass is 32.1. The van der Waals surface area contributed by atoms with Crippen LogP contribution in [0.15, 0.2) is 29.6 Å². The number of nitrogens with zero attached hydrogens (tertiary/aromatic N) is 2. The Balaban J connectivity index is 2.18. The summed E-state index contributed by atoms with van der Waals surface area (Å²) in [6.07, 6.45) is 0. The highest BCUT2D eigenvalue weighted by Gasteiger charge is 2.28. The molecule has 0 fully saturated rings. The zero-order chi connectivity index (χ0) is 17.0. The Morgan fingerprint density at radius 1 is 1.35 bits per heavy atom. The molecule has 0 aliphatic rings. The molecule has 0 unspecified atom stereocenters. The molecule has 1 amide bonds. The number of aliphatic hydroxyl groups excluding tert-OH is 1. The van der Waals surface area contributed by atoms with E-state index in [4.69, 9.17) is 0 Å². The minimum atomic E-state index is -0.368. The molecule has 1 aromatic heterocycles. The normalized spacial score (nSPS) is 11.3. The zero-order valence-corrected chi connectivity index (χ0v) is 14.8. The van der Waals surface area contributed by atoms with Crippen LogP contribution in [0, 0.1) is 6.92 Å². The molecule has 0 aliphatic heterocycles. The number of amides is 1. The molecule has 0 atom stereocenters. The van der Waals surface area contributed by atoms with Gasteiger partial charge >= 0.3 is 0 Å². The Labute approximate surface area is 141 Å². The number of aryl methyl sites for hydroxylation is 1. The third kappa shape index (κ3) is 4.30. The van der Waals surface area contributed by atoms with E-state index in [0.29, 0.717) is 17.4 Å². The van der Waals surface area contributed by atoms with E-state index in [2.05, 4.69) is 10.3 Å². The third-order valence-electron chi connectivity index (χ3n) is 3.49. The highest BCUT2D eigenvalue weighted by Crippen LogP contribution is 2.25. The van der Waals surface area contributed by atoms with Gasteiger partial charge in [0.2, 0.25) is 0 Å². The van der Waals surface area contributed by atoms with Gasteiger partial charge in [-0.05, 0) is 39.3 Å². The molecule has 0 radical (unpaired) electrons. The van der Waals surface area contributed by atoms with Crippen molar-refractivity contribution in [2.75, 3.05) is 18.5 Å². The van der Waals surface area contributed by atoms with Crippen molar-refractivity contribution in [2.24, 2.45) is 0 Å². The van der Waals surface area contributed by atoms with Crippen LogP contribution in [-0.2, 0) is 0 Å². The zero-order valence-electron chi connectivity index (χ0n) is 14.0. The number of carbonyl (C=O) groups is 1. The molecule has 0 aliphatic carbocycles. The second kappa shape index (κ2) is 7.10. The van der Waals surface area contributed by atoms with Crippen LogP contribution in [0.5, 0.6) is 0 Å². The van der Waals surface area contributed by atoms with Gasteiger partial charge in [-0.3, -0.25) is 4.79 Å². The minimum Gasteiger partial charge on any atom is -0.395 e. The van der Waals surface area contributed by atoms with E-state index < -0.39 is 0 Å². The fourth-order valence-electron chi connectivity index (χ4n) is 2.24. The molecule has 6 heteroatoms. The Hall–Kier alpha value is -1.92. The van der Waals surface area contributed by atoms with Gasteiger partial charge in [0.25, 0.3) is 5.91 Å². The first-order valence-corrected chi connectivity index (χ1v) is 8.42. The predicted molar refractivity (Wildman–Crippen MR) is 94.5 cm³/mol. The molecule has 0 spiro atoms. The van der Waals surface area contributed by atoms with Gasteiger partial charge in [-0.2, -0.15) is 0 Å². The number of β-amino-alcohol motifs (C(OH)–C–C–N with tert-alkyl or cyclic N) is 1. The number of anilines is 2. The Morgan fingerprint density at radius 2 is 2.04 bits per heavy atom. The standard InChI is InChI=1S/C17H23N3O2S/c1-12-7-5-6-8-13(12)18-16-19-14(11-23-16)15(22)20(9-10-21)17(2,3)4/h5-8,11,21H,9-10H2,1-4H3,(H,18,19). The Bertz CT molecular complexity index is 676. The maximum Gasteiger partial charge on any atom is 0.273 e. The number of aliphatic hydroxyl groups is 1. The van der Waals surface area contributed by atoms with E-state index in [-0.39, 0.29) is 18.1 Å².